The molecule has 0 spiro atoms. The molecule has 0 unspecified atom stereocenters. The number of nitrogens with zero attached hydrogens (tertiary/aromatic N) is 3. The number of aryl methyl sites for hydroxylation is 1. The third-order valence-corrected chi connectivity index (χ3v) is 5.69. The molecular formula is C27H23F3N4O3. The molecule has 0 saturated carbocycles. The maximum Gasteiger partial charge on any atom is 0.416 e. The van der Waals surface area contributed by atoms with Gasteiger partial charge in [-0.1, -0.05) is 18.2 Å². The fraction of sp³-hybridized carbons (Fsp3) is 0.222. The van der Waals surface area contributed by atoms with Crippen LogP contribution in [0.3, 0.4) is 0 Å². The number of carbonyl (C=O) groups excluding carboxylic acids is 1. The number of benzene rings is 2. The molecule has 0 aliphatic carbocycles. The van der Waals surface area contributed by atoms with Crippen LogP contribution in [-0.2, 0) is 23.9 Å². The van der Waals surface area contributed by atoms with Gasteiger partial charge in [0, 0.05) is 23.7 Å². The Bertz CT molecular complexity index is 1410. The molecule has 0 aliphatic rings. The number of pyridine rings is 1. The molecule has 0 saturated heterocycles. The van der Waals surface area contributed by atoms with Crippen molar-refractivity contribution >= 4 is 22.9 Å². The van der Waals surface area contributed by atoms with E-state index in [2.05, 4.69) is 20.3 Å². The summed E-state index contributed by atoms with van der Waals surface area (Å²) >= 11 is 0. The SMILES string of the molecule is O=C(O)CCCCc1nc2cc(C(=O)NCc3ccccn3)ccc2nc1-c1ccc(C(F)(F)F)cc1. The molecule has 0 bridgehead atoms. The van der Waals surface area contributed by atoms with Crippen LogP contribution in [0.5, 0.6) is 0 Å². The highest BCUT2D eigenvalue weighted by atomic mass is 19.4. The van der Waals surface area contributed by atoms with E-state index in [4.69, 9.17) is 5.11 Å². The third kappa shape index (κ3) is 6.66. The van der Waals surface area contributed by atoms with Crippen LogP contribution in [0.25, 0.3) is 22.3 Å². The summed E-state index contributed by atoms with van der Waals surface area (Å²) in [6.45, 7) is 0.255. The number of amides is 1. The zero-order chi connectivity index (χ0) is 26.4. The van der Waals surface area contributed by atoms with E-state index in [0.29, 0.717) is 58.5 Å². The predicted molar refractivity (Wildman–Crippen MR) is 131 cm³/mol. The van der Waals surface area contributed by atoms with Crippen LogP contribution < -0.4 is 5.32 Å². The molecule has 2 aromatic carbocycles. The molecule has 1 amide bonds. The fourth-order valence-corrected chi connectivity index (χ4v) is 3.80. The summed E-state index contributed by atoms with van der Waals surface area (Å²) in [7, 11) is 0. The number of carboxylic acid groups (broad SMARTS) is 1. The summed E-state index contributed by atoms with van der Waals surface area (Å²) in [5, 5.41) is 11.7. The van der Waals surface area contributed by atoms with E-state index < -0.39 is 17.7 Å². The maximum absolute atomic E-state index is 13.0. The van der Waals surface area contributed by atoms with Crippen molar-refractivity contribution < 1.29 is 27.9 Å². The highest BCUT2D eigenvalue weighted by Gasteiger charge is 2.30. The lowest BCUT2D eigenvalue weighted by Crippen LogP contribution is -2.23. The van der Waals surface area contributed by atoms with Crippen LogP contribution in [0.2, 0.25) is 0 Å². The zero-order valence-electron chi connectivity index (χ0n) is 19.6. The number of nitrogens with one attached hydrogen (secondary N) is 1. The number of carbonyl (C=O) groups is 2. The van der Waals surface area contributed by atoms with Crippen molar-refractivity contribution in [2.45, 2.75) is 38.4 Å². The lowest BCUT2D eigenvalue weighted by molar-refractivity contribution is -0.138. The van der Waals surface area contributed by atoms with E-state index in [0.717, 1.165) is 12.1 Å². The number of hydrogen-bond donors (Lipinski definition) is 2. The van der Waals surface area contributed by atoms with Gasteiger partial charge in [-0.15, -0.1) is 0 Å². The van der Waals surface area contributed by atoms with Gasteiger partial charge in [-0.25, -0.2) is 9.97 Å². The number of alkyl halides is 3. The van der Waals surface area contributed by atoms with Gasteiger partial charge < -0.3 is 10.4 Å². The summed E-state index contributed by atoms with van der Waals surface area (Å²) < 4.78 is 39.1. The number of carboxylic acids is 1. The summed E-state index contributed by atoms with van der Waals surface area (Å²) in [5.74, 6) is -1.22. The molecular weight excluding hydrogens is 485 g/mol. The molecule has 37 heavy (non-hydrogen) atoms. The lowest BCUT2D eigenvalue weighted by atomic mass is 10.0. The van der Waals surface area contributed by atoms with Gasteiger partial charge in [-0.3, -0.25) is 14.6 Å². The van der Waals surface area contributed by atoms with Crippen molar-refractivity contribution in [2.24, 2.45) is 0 Å². The first-order chi connectivity index (χ1) is 17.7. The second-order valence-corrected chi connectivity index (χ2v) is 8.40. The lowest BCUT2D eigenvalue weighted by Gasteiger charge is -2.12. The monoisotopic (exact) mass is 508 g/mol. The molecule has 4 rings (SSSR count). The van der Waals surface area contributed by atoms with E-state index in [-0.39, 0.29) is 18.9 Å². The topological polar surface area (TPSA) is 105 Å². The fourth-order valence-electron chi connectivity index (χ4n) is 3.80. The van der Waals surface area contributed by atoms with E-state index >= 15 is 0 Å². The third-order valence-electron chi connectivity index (χ3n) is 5.69. The molecule has 2 N–H and O–H groups in total. The number of aromatic nitrogens is 3. The van der Waals surface area contributed by atoms with Crippen molar-refractivity contribution in [1.29, 1.82) is 0 Å². The van der Waals surface area contributed by atoms with Crippen molar-refractivity contribution in [3.05, 3.63) is 89.4 Å². The minimum absolute atomic E-state index is 0.00276. The Labute approximate surface area is 210 Å². The Morgan fingerprint density at radius 1 is 0.919 bits per heavy atom. The summed E-state index contributed by atoms with van der Waals surface area (Å²) in [6, 6.07) is 14.9. The van der Waals surface area contributed by atoms with Crippen molar-refractivity contribution in [3.63, 3.8) is 0 Å². The number of halogens is 3. The Morgan fingerprint density at radius 3 is 2.38 bits per heavy atom. The highest BCUT2D eigenvalue weighted by Crippen LogP contribution is 2.32. The molecule has 7 nitrogen and oxygen atoms in total. The van der Waals surface area contributed by atoms with Gasteiger partial charge in [0.1, 0.15) is 0 Å². The number of unbranched alkanes of at least 4 members (excludes halogenated alkanes) is 1. The Kier molecular flexibility index (Phi) is 7.76. The Hall–Kier alpha value is -4.34. The average Bonchev–Trinajstić information content (AvgIpc) is 2.89. The number of hydrogen-bond acceptors (Lipinski definition) is 5. The molecule has 0 aliphatic heterocycles. The minimum atomic E-state index is -4.46. The van der Waals surface area contributed by atoms with Gasteiger partial charge >= 0.3 is 12.1 Å². The molecule has 2 heterocycles. The van der Waals surface area contributed by atoms with E-state index in [9.17, 15) is 22.8 Å². The molecule has 0 atom stereocenters. The van der Waals surface area contributed by atoms with Crippen LogP contribution in [0.15, 0.2) is 66.9 Å². The number of aliphatic carboxylic acids is 1. The molecule has 0 radical (unpaired) electrons. The second kappa shape index (κ2) is 11.2. The normalized spacial score (nSPS) is 11.4. The molecule has 190 valence electrons. The summed E-state index contributed by atoms with van der Waals surface area (Å²) in [4.78, 5) is 37.1. The first-order valence-electron chi connectivity index (χ1n) is 11.6. The van der Waals surface area contributed by atoms with Gasteiger partial charge in [-0.2, -0.15) is 13.2 Å². The maximum atomic E-state index is 13.0. The van der Waals surface area contributed by atoms with E-state index in [1.807, 2.05) is 6.07 Å². The van der Waals surface area contributed by atoms with Crippen LogP contribution in [0.4, 0.5) is 13.2 Å². The van der Waals surface area contributed by atoms with Gasteiger partial charge in [0.25, 0.3) is 5.91 Å². The van der Waals surface area contributed by atoms with Crippen LogP contribution in [-0.4, -0.2) is 31.9 Å². The van der Waals surface area contributed by atoms with Crippen LogP contribution in [0.1, 0.15) is 46.6 Å². The summed E-state index contributed by atoms with van der Waals surface area (Å²) in [5.41, 5.74) is 2.65. The van der Waals surface area contributed by atoms with E-state index in [1.54, 1.807) is 36.5 Å². The zero-order valence-corrected chi connectivity index (χ0v) is 19.6. The van der Waals surface area contributed by atoms with Crippen molar-refractivity contribution in [2.75, 3.05) is 0 Å². The summed E-state index contributed by atoms with van der Waals surface area (Å²) in [6.07, 6.45) is -1.53. The van der Waals surface area contributed by atoms with Crippen LogP contribution in [0, 0.1) is 0 Å². The Morgan fingerprint density at radius 2 is 1.70 bits per heavy atom. The quantitative estimate of drug-likeness (QED) is 0.292. The van der Waals surface area contributed by atoms with Gasteiger partial charge in [-0.05, 0) is 61.7 Å². The first kappa shape index (κ1) is 25.7. The smallest absolute Gasteiger partial charge is 0.416 e. The highest BCUT2D eigenvalue weighted by molar-refractivity contribution is 5.97. The number of rotatable bonds is 9. The second-order valence-electron chi connectivity index (χ2n) is 8.40. The van der Waals surface area contributed by atoms with Crippen molar-refractivity contribution in [3.8, 4) is 11.3 Å². The molecule has 4 aromatic rings. The number of fused-ring (bicyclic) bond motifs is 1. The van der Waals surface area contributed by atoms with Crippen LogP contribution >= 0.6 is 0 Å². The minimum Gasteiger partial charge on any atom is -0.481 e. The average molecular weight is 509 g/mol. The van der Waals surface area contributed by atoms with Gasteiger partial charge in [0.15, 0.2) is 0 Å². The first-order valence-corrected chi connectivity index (χ1v) is 11.6. The predicted octanol–water partition coefficient (Wildman–Crippen LogP) is 5.44. The molecule has 0 fully saturated rings. The molecule has 10 heteroatoms. The van der Waals surface area contributed by atoms with Gasteiger partial charge in [0.05, 0.1) is 40.2 Å². The van der Waals surface area contributed by atoms with E-state index in [1.165, 1.54) is 12.1 Å². The van der Waals surface area contributed by atoms with Crippen molar-refractivity contribution in [1.82, 2.24) is 20.3 Å². The molecule has 2 aromatic heterocycles. The standard InChI is InChI=1S/C27H23F3N4O3/c28-27(29,30)19-11-8-17(9-12-19)25-22(6-1-2-7-24(35)36)33-23-15-18(10-13-21(23)34-25)26(37)32-16-20-5-3-4-14-31-20/h3-5,8-15H,1-2,6-7,16H2,(H,32,37)(H,35,36). The largest absolute Gasteiger partial charge is 0.481 e. The van der Waals surface area contributed by atoms with Gasteiger partial charge in [0.2, 0.25) is 0 Å². The Balaban J connectivity index is 1.63.